The minimum absolute atomic E-state index is 0.0363. The van der Waals surface area contributed by atoms with Gasteiger partial charge in [0.1, 0.15) is 16.5 Å². The van der Waals surface area contributed by atoms with Crippen molar-refractivity contribution in [1.29, 1.82) is 0 Å². The summed E-state index contributed by atoms with van der Waals surface area (Å²) in [5, 5.41) is 4.41. The zero-order valence-electron chi connectivity index (χ0n) is 20.2. The number of halogens is 2. The molecule has 0 amide bonds. The van der Waals surface area contributed by atoms with E-state index in [2.05, 4.69) is 17.0 Å². The summed E-state index contributed by atoms with van der Waals surface area (Å²) in [5.41, 5.74) is 2.29. The molecule has 9 heteroatoms. The third kappa shape index (κ3) is 6.35. The third-order valence-electron chi connectivity index (χ3n) is 6.58. The highest BCUT2D eigenvalue weighted by molar-refractivity contribution is 7.86. The Labute approximate surface area is 218 Å². The number of hydrogen-bond acceptors (Lipinski definition) is 5. The van der Waals surface area contributed by atoms with Gasteiger partial charge in [-0.25, -0.2) is 13.6 Å². The fraction of sp³-hybridized carbons (Fsp3) is 0.423. The van der Waals surface area contributed by atoms with Crippen molar-refractivity contribution in [2.75, 3.05) is 23.7 Å². The molecule has 5 nitrogen and oxygen atoms in total. The molecule has 0 spiro atoms. The van der Waals surface area contributed by atoms with Crippen molar-refractivity contribution in [1.82, 2.24) is 4.98 Å². The van der Waals surface area contributed by atoms with Gasteiger partial charge in [0.05, 0.1) is 22.7 Å². The molecule has 1 aliphatic carbocycles. The Hall–Kier alpha value is -2.16. The largest absolute Gasteiger partial charge is 0.495 e. The summed E-state index contributed by atoms with van der Waals surface area (Å²) in [4.78, 5) is 6.24. The van der Waals surface area contributed by atoms with Crippen molar-refractivity contribution >= 4 is 44.7 Å². The Morgan fingerprint density at radius 1 is 1.23 bits per heavy atom. The maximum absolute atomic E-state index is 13.5. The Morgan fingerprint density at radius 2 is 2.00 bits per heavy atom. The molecule has 1 fully saturated rings. The highest BCUT2D eigenvalue weighted by atomic mass is 35.5. The molecular formula is C26H31ClFN3O2S2. The number of rotatable bonds is 9. The molecule has 0 bridgehead atoms. The lowest BCUT2D eigenvalue weighted by atomic mass is 9.81. The molecule has 2 aromatic carbocycles. The smallest absolute Gasteiger partial charge is 0.183 e. The summed E-state index contributed by atoms with van der Waals surface area (Å²) >= 11 is 7.47. The summed E-state index contributed by atoms with van der Waals surface area (Å²) in [6, 6.07) is 9.74. The molecule has 1 heterocycles. The van der Waals surface area contributed by atoms with Crippen molar-refractivity contribution in [3.63, 3.8) is 0 Å². The van der Waals surface area contributed by atoms with Crippen LogP contribution in [0, 0.1) is 24.6 Å². The topological polar surface area (TPSA) is 63.2 Å². The van der Waals surface area contributed by atoms with Gasteiger partial charge in [-0.2, -0.15) is 0 Å². The summed E-state index contributed by atoms with van der Waals surface area (Å²) < 4.78 is 35.0. The molecular weight excluding hydrogens is 505 g/mol. The van der Waals surface area contributed by atoms with Gasteiger partial charge in [0.15, 0.2) is 16.1 Å². The zero-order chi connectivity index (χ0) is 24.9. The molecule has 3 aromatic rings. The van der Waals surface area contributed by atoms with Crippen LogP contribution in [0.5, 0.6) is 5.75 Å². The number of methoxy groups -OCH3 is 1. The number of aromatic nitrogens is 1. The molecule has 188 valence electrons. The van der Waals surface area contributed by atoms with E-state index in [-0.39, 0.29) is 5.02 Å². The van der Waals surface area contributed by atoms with Crippen LogP contribution in [0.3, 0.4) is 0 Å². The Morgan fingerprint density at radius 3 is 2.71 bits per heavy atom. The first kappa shape index (κ1) is 25.9. The van der Waals surface area contributed by atoms with Crippen molar-refractivity contribution in [2.45, 2.75) is 50.8 Å². The fourth-order valence-corrected chi connectivity index (χ4v) is 6.71. The second-order valence-electron chi connectivity index (χ2n) is 9.06. The molecule has 4 rings (SSSR count). The van der Waals surface area contributed by atoms with Gasteiger partial charge in [-0.3, -0.25) is 0 Å². The Balaban J connectivity index is 1.50. The van der Waals surface area contributed by atoms with E-state index in [9.17, 15) is 8.60 Å². The number of ether oxygens (including phenoxy) is 1. The summed E-state index contributed by atoms with van der Waals surface area (Å²) in [6.07, 6.45) is 6.72. The van der Waals surface area contributed by atoms with Crippen LogP contribution in [0.2, 0.25) is 5.02 Å². The van der Waals surface area contributed by atoms with Gasteiger partial charge >= 0.3 is 0 Å². The third-order valence-corrected chi connectivity index (χ3v) is 9.18. The van der Waals surface area contributed by atoms with Crippen LogP contribution >= 0.6 is 22.9 Å². The van der Waals surface area contributed by atoms with Gasteiger partial charge in [-0.15, -0.1) is 0 Å². The molecule has 1 aliphatic rings. The van der Waals surface area contributed by atoms with E-state index in [0.717, 1.165) is 33.7 Å². The van der Waals surface area contributed by atoms with Crippen LogP contribution in [-0.2, 0) is 11.0 Å². The average Bonchev–Trinajstić information content (AvgIpc) is 3.25. The van der Waals surface area contributed by atoms with Crippen molar-refractivity contribution in [3.05, 3.63) is 52.9 Å². The van der Waals surface area contributed by atoms with E-state index < -0.39 is 16.8 Å². The molecule has 0 radical (unpaired) electrons. The molecule has 1 saturated carbocycles. The predicted molar refractivity (Wildman–Crippen MR) is 145 cm³/mol. The van der Waals surface area contributed by atoms with Gasteiger partial charge in [0, 0.05) is 12.2 Å². The maximum Gasteiger partial charge on any atom is 0.183 e. The SMILES string of the molecule is COc1ccc(-c2sc(NCC(C)C3CCCCC3)nc2C)cc1S(=O)Nc1ccc(F)c(Cl)c1. The lowest BCUT2D eigenvalue weighted by molar-refractivity contribution is 0.273. The number of thiazole rings is 1. The van der Waals surface area contributed by atoms with Crippen LogP contribution in [0.25, 0.3) is 10.4 Å². The van der Waals surface area contributed by atoms with E-state index in [4.69, 9.17) is 21.3 Å². The maximum atomic E-state index is 13.5. The molecule has 2 unspecified atom stereocenters. The van der Waals surface area contributed by atoms with E-state index >= 15 is 0 Å². The van der Waals surface area contributed by atoms with Crippen LogP contribution in [0.4, 0.5) is 15.2 Å². The first-order valence-electron chi connectivity index (χ1n) is 11.9. The van der Waals surface area contributed by atoms with Crippen LogP contribution in [0.1, 0.15) is 44.7 Å². The second-order valence-corrected chi connectivity index (χ2v) is 11.6. The number of aryl methyl sites for hydroxylation is 1. The van der Waals surface area contributed by atoms with Gasteiger partial charge in [0.2, 0.25) is 0 Å². The second kappa shape index (κ2) is 11.7. The van der Waals surface area contributed by atoms with Crippen molar-refractivity contribution in [3.8, 4) is 16.2 Å². The van der Waals surface area contributed by atoms with Crippen LogP contribution in [0.15, 0.2) is 41.3 Å². The Kier molecular flexibility index (Phi) is 8.68. The molecule has 35 heavy (non-hydrogen) atoms. The van der Waals surface area contributed by atoms with Crippen LogP contribution < -0.4 is 14.8 Å². The number of nitrogens with one attached hydrogen (secondary N) is 2. The van der Waals surface area contributed by atoms with Crippen molar-refractivity contribution < 1.29 is 13.3 Å². The monoisotopic (exact) mass is 535 g/mol. The number of benzene rings is 2. The fourth-order valence-electron chi connectivity index (χ4n) is 4.54. The quantitative estimate of drug-likeness (QED) is 0.295. The van der Waals surface area contributed by atoms with E-state index in [1.54, 1.807) is 17.4 Å². The summed E-state index contributed by atoms with van der Waals surface area (Å²) in [6.45, 7) is 5.23. The predicted octanol–water partition coefficient (Wildman–Crippen LogP) is 7.68. The molecule has 0 saturated heterocycles. The Bertz CT molecular complexity index is 1200. The van der Waals surface area contributed by atoms with Crippen molar-refractivity contribution in [2.24, 2.45) is 11.8 Å². The number of anilines is 2. The lowest BCUT2D eigenvalue weighted by Gasteiger charge is -2.27. The van der Waals surface area contributed by atoms with Gasteiger partial charge in [-0.05, 0) is 60.7 Å². The van der Waals surface area contributed by atoms with Crippen LogP contribution in [-0.4, -0.2) is 22.8 Å². The van der Waals surface area contributed by atoms with Gasteiger partial charge in [0.25, 0.3) is 0 Å². The van der Waals surface area contributed by atoms with E-state index in [1.807, 2.05) is 19.1 Å². The van der Waals surface area contributed by atoms with Gasteiger partial charge in [-0.1, -0.05) is 62.0 Å². The minimum atomic E-state index is -1.64. The summed E-state index contributed by atoms with van der Waals surface area (Å²) in [7, 11) is -0.105. The number of hydrogen-bond donors (Lipinski definition) is 2. The molecule has 2 N–H and O–H groups in total. The first-order chi connectivity index (χ1) is 16.9. The first-order valence-corrected chi connectivity index (χ1v) is 14.2. The van der Waals surface area contributed by atoms with E-state index in [1.165, 1.54) is 57.4 Å². The summed E-state index contributed by atoms with van der Waals surface area (Å²) in [5.74, 6) is 1.37. The highest BCUT2D eigenvalue weighted by Crippen LogP contribution is 2.37. The standard InChI is InChI=1S/C26H31ClFN3O2S2/c1-16(18-7-5-4-6-8-18)15-29-26-30-17(2)25(34-26)19-9-12-23(33-3)24(13-19)35(32)31-20-10-11-22(28)21(27)14-20/h9-14,16,18,31H,4-8,15H2,1-3H3,(H,29,30). The molecule has 0 aliphatic heterocycles. The normalized spacial score (nSPS) is 16.0. The minimum Gasteiger partial charge on any atom is -0.495 e. The average molecular weight is 536 g/mol. The van der Waals surface area contributed by atoms with Gasteiger partial charge < -0.3 is 14.8 Å². The zero-order valence-corrected chi connectivity index (χ0v) is 22.6. The number of nitrogens with zero attached hydrogens (tertiary/aromatic N) is 1. The van der Waals surface area contributed by atoms with E-state index in [0.29, 0.717) is 22.3 Å². The lowest BCUT2D eigenvalue weighted by Crippen LogP contribution is -2.22. The molecule has 1 aromatic heterocycles. The highest BCUT2D eigenvalue weighted by Gasteiger charge is 2.21. The molecule has 2 atom stereocenters.